The molecule has 0 saturated carbocycles. The predicted molar refractivity (Wildman–Crippen MR) is 107 cm³/mol. The molecule has 1 nitrogen and oxygen atoms in total. The molecule has 0 aromatic heterocycles. The Kier molecular flexibility index (Phi) is 6.79. The van der Waals surface area contributed by atoms with Gasteiger partial charge in [-0.05, 0) is 73.2 Å². The zero-order valence-corrected chi connectivity index (χ0v) is 15.6. The molecular formula is C24H25F2N. The van der Waals surface area contributed by atoms with Crippen LogP contribution in [0.1, 0.15) is 43.2 Å². The largest absolute Gasteiger partial charge is 0.303 e. The van der Waals surface area contributed by atoms with E-state index in [1.807, 2.05) is 24.3 Å². The van der Waals surface area contributed by atoms with Crippen LogP contribution in [0.3, 0.4) is 0 Å². The van der Waals surface area contributed by atoms with Gasteiger partial charge >= 0.3 is 0 Å². The molecule has 1 aliphatic heterocycles. The van der Waals surface area contributed by atoms with Gasteiger partial charge in [0, 0.05) is 19.5 Å². The van der Waals surface area contributed by atoms with E-state index in [1.54, 1.807) is 0 Å². The number of benzene rings is 2. The molecule has 0 amide bonds. The molecule has 0 bridgehead atoms. The number of terminal acetylenes is 1. The molecular weight excluding hydrogens is 340 g/mol. The number of rotatable bonds is 6. The van der Waals surface area contributed by atoms with Gasteiger partial charge in [-0.2, -0.15) is 0 Å². The van der Waals surface area contributed by atoms with E-state index < -0.39 is 0 Å². The van der Waals surface area contributed by atoms with Crippen LogP contribution in [0.5, 0.6) is 0 Å². The molecule has 1 fully saturated rings. The highest BCUT2D eigenvalue weighted by Gasteiger charge is 2.19. The SMILES string of the molecule is C#CCCCCN1CCC(=C(c2ccc(F)cc2)c2ccc(F)cc2)CC1. The summed E-state index contributed by atoms with van der Waals surface area (Å²) >= 11 is 0. The molecule has 1 aliphatic rings. The first-order valence-electron chi connectivity index (χ1n) is 9.57. The van der Waals surface area contributed by atoms with Crippen LogP contribution in [0.2, 0.25) is 0 Å². The van der Waals surface area contributed by atoms with E-state index in [1.165, 1.54) is 29.8 Å². The van der Waals surface area contributed by atoms with Gasteiger partial charge in [-0.25, -0.2) is 8.78 Å². The van der Waals surface area contributed by atoms with E-state index in [2.05, 4.69) is 10.8 Å². The van der Waals surface area contributed by atoms with Crippen LogP contribution in [0, 0.1) is 24.0 Å². The third-order valence-corrected chi connectivity index (χ3v) is 5.12. The summed E-state index contributed by atoms with van der Waals surface area (Å²) in [5.41, 5.74) is 4.44. The average molecular weight is 365 g/mol. The maximum absolute atomic E-state index is 13.4. The van der Waals surface area contributed by atoms with E-state index in [0.29, 0.717) is 0 Å². The molecule has 0 N–H and O–H groups in total. The monoisotopic (exact) mass is 365 g/mol. The van der Waals surface area contributed by atoms with E-state index in [0.717, 1.165) is 68.4 Å². The lowest BCUT2D eigenvalue weighted by Gasteiger charge is -2.30. The van der Waals surface area contributed by atoms with Gasteiger partial charge in [0.2, 0.25) is 0 Å². The summed E-state index contributed by atoms with van der Waals surface area (Å²) in [6, 6.07) is 13.2. The number of likely N-dealkylation sites (tertiary alicyclic amines) is 1. The Balaban J connectivity index is 1.80. The van der Waals surface area contributed by atoms with Crippen molar-refractivity contribution >= 4 is 5.57 Å². The first-order valence-corrected chi connectivity index (χ1v) is 9.57. The third kappa shape index (κ3) is 5.28. The second-order valence-electron chi connectivity index (χ2n) is 7.00. The molecule has 0 atom stereocenters. The van der Waals surface area contributed by atoms with Gasteiger partial charge in [0.15, 0.2) is 0 Å². The Bertz CT molecular complexity index is 755. The van der Waals surface area contributed by atoms with E-state index in [9.17, 15) is 8.78 Å². The molecule has 0 aliphatic carbocycles. The van der Waals surface area contributed by atoms with Crippen LogP contribution < -0.4 is 0 Å². The number of halogens is 2. The van der Waals surface area contributed by atoms with Crippen molar-refractivity contribution in [1.82, 2.24) is 4.90 Å². The fourth-order valence-corrected chi connectivity index (χ4v) is 3.67. The zero-order chi connectivity index (χ0) is 19.1. The minimum absolute atomic E-state index is 0.246. The molecule has 0 unspecified atom stereocenters. The van der Waals surface area contributed by atoms with Gasteiger partial charge in [-0.3, -0.25) is 0 Å². The minimum atomic E-state index is -0.246. The van der Waals surface area contributed by atoms with Crippen molar-refractivity contribution in [1.29, 1.82) is 0 Å². The van der Waals surface area contributed by atoms with Crippen LogP contribution in [0.25, 0.3) is 5.57 Å². The fraction of sp³-hybridized carbons (Fsp3) is 0.333. The number of hydrogen-bond acceptors (Lipinski definition) is 1. The van der Waals surface area contributed by atoms with Crippen molar-refractivity contribution in [2.24, 2.45) is 0 Å². The van der Waals surface area contributed by atoms with Crippen molar-refractivity contribution in [2.45, 2.75) is 32.1 Å². The van der Waals surface area contributed by atoms with Gasteiger partial charge in [0.1, 0.15) is 11.6 Å². The summed E-state index contributed by atoms with van der Waals surface area (Å²) in [7, 11) is 0. The van der Waals surface area contributed by atoms with Crippen molar-refractivity contribution in [2.75, 3.05) is 19.6 Å². The summed E-state index contributed by atoms with van der Waals surface area (Å²) in [6.07, 6.45) is 10.3. The van der Waals surface area contributed by atoms with Crippen LogP contribution >= 0.6 is 0 Å². The lowest BCUT2D eigenvalue weighted by atomic mass is 9.88. The zero-order valence-electron chi connectivity index (χ0n) is 15.6. The summed E-state index contributed by atoms with van der Waals surface area (Å²) in [5, 5.41) is 0. The maximum atomic E-state index is 13.4. The van der Waals surface area contributed by atoms with Crippen LogP contribution in [-0.4, -0.2) is 24.5 Å². The molecule has 0 spiro atoms. The van der Waals surface area contributed by atoms with E-state index >= 15 is 0 Å². The molecule has 2 aromatic rings. The van der Waals surface area contributed by atoms with Crippen molar-refractivity contribution < 1.29 is 8.78 Å². The first kappa shape index (κ1) is 19.3. The van der Waals surface area contributed by atoms with Gasteiger partial charge in [0.25, 0.3) is 0 Å². The van der Waals surface area contributed by atoms with Crippen LogP contribution in [-0.2, 0) is 0 Å². The molecule has 1 heterocycles. The summed E-state index contributed by atoms with van der Waals surface area (Å²) in [6.45, 7) is 3.10. The Hall–Kier alpha value is -2.44. The highest BCUT2D eigenvalue weighted by molar-refractivity contribution is 5.82. The van der Waals surface area contributed by atoms with Crippen LogP contribution in [0.4, 0.5) is 8.78 Å². The van der Waals surface area contributed by atoms with E-state index in [-0.39, 0.29) is 11.6 Å². The number of nitrogens with zero attached hydrogens (tertiary/aromatic N) is 1. The summed E-state index contributed by atoms with van der Waals surface area (Å²) in [5.74, 6) is 2.20. The molecule has 0 radical (unpaired) electrons. The predicted octanol–water partition coefficient (Wildman–Crippen LogP) is 5.67. The van der Waals surface area contributed by atoms with Gasteiger partial charge < -0.3 is 4.90 Å². The quantitative estimate of drug-likeness (QED) is 0.471. The van der Waals surface area contributed by atoms with Crippen molar-refractivity contribution in [3.63, 3.8) is 0 Å². The van der Waals surface area contributed by atoms with Crippen molar-refractivity contribution in [3.8, 4) is 12.3 Å². The fourth-order valence-electron chi connectivity index (χ4n) is 3.67. The highest BCUT2D eigenvalue weighted by atomic mass is 19.1. The molecule has 3 rings (SSSR count). The maximum Gasteiger partial charge on any atom is 0.123 e. The summed E-state index contributed by atoms with van der Waals surface area (Å²) < 4.78 is 26.8. The van der Waals surface area contributed by atoms with Gasteiger partial charge in [0.05, 0.1) is 0 Å². The first-order chi connectivity index (χ1) is 13.2. The number of unbranched alkanes of at least 4 members (excludes halogenated alkanes) is 2. The average Bonchev–Trinajstić information content (AvgIpc) is 2.69. The third-order valence-electron chi connectivity index (χ3n) is 5.12. The smallest absolute Gasteiger partial charge is 0.123 e. The molecule has 3 heteroatoms. The van der Waals surface area contributed by atoms with Crippen molar-refractivity contribution in [3.05, 3.63) is 76.9 Å². The minimum Gasteiger partial charge on any atom is -0.303 e. The number of hydrogen-bond donors (Lipinski definition) is 0. The van der Waals surface area contributed by atoms with Crippen LogP contribution in [0.15, 0.2) is 54.1 Å². The molecule has 140 valence electrons. The van der Waals surface area contributed by atoms with Gasteiger partial charge in [-0.15, -0.1) is 12.3 Å². The Morgan fingerprint density at radius 2 is 1.37 bits per heavy atom. The standard InChI is InChI=1S/C24H25F2N/c1-2-3-4-5-16-27-17-14-21(15-18-27)24(19-6-10-22(25)11-7-19)20-8-12-23(26)13-9-20/h1,6-13H,3-5,14-18H2. The normalized spacial score (nSPS) is 14.8. The topological polar surface area (TPSA) is 3.24 Å². The lowest BCUT2D eigenvalue weighted by Crippen LogP contribution is -2.32. The summed E-state index contributed by atoms with van der Waals surface area (Å²) in [4.78, 5) is 2.48. The molecule has 27 heavy (non-hydrogen) atoms. The van der Waals surface area contributed by atoms with Gasteiger partial charge in [-0.1, -0.05) is 29.8 Å². The highest BCUT2D eigenvalue weighted by Crippen LogP contribution is 2.32. The second-order valence-corrected chi connectivity index (χ2v) is 7.00. The second kappa shape index (κ2) is 9.48. The Morgan fingerprint density at radius 3 is 1.85 bits per heavy atom. The molecule has 2 aromatic carbocycles. The Morgan fingerprint density at radius 1 is 0.852 bits per heavy atom. The van der Waals surface area contributed by atoms with E-state index in [4.69, 9.17) is 6.42 Å². The number of piperidine rings is 1. The Labute approximate surface area is 160 Å². The molecule has 1 saturated heterocycles. The lowest BCUT2D eigenvalue weighted by molar-refractivity contribution is 0.252.